The molecule has 2 N–H and O–H groups in total. The Balaban J connectivity index is 2.08. The smallest absolute Gasteiger partial charge is 0.0948 e. The summed E-state index contributed by atoms with van der Waals surface area (Å²) in [5.41, 5.74) is 8.17. The normalized spacial score (nSPS) is 12.6. The Labute approximate surface area is 102 Å². The number of nitrogens with zero attached hydrogens (tertiary/aromatic N) is 2. The summed E-state index contributed by atoms with van der Waals surface area (Å²) >= 11 is 0. The molecule has 17 heavy (non-hydrogen) atoms. The fraction of sp³-hybridized carbons (Fsp3) is 0.357. The van der Waals surface area contributed by atoms with Crippen LogP contribution in [0.25, 0.3) is 0 Å². The van der Waals surface area contributed by atoms with Crippen LogP contribution >= 0.6 is 0 Å². The van der Waals surface area contributed by atoms with Gasteiger partial charge in [0.05, 0.1) is 6.33 Å². The quantitative estimate of drug-likeness (QED) is 0.854. The average molecular weight is 229 g/mol. The highest BCUT2D eigenvalue weighted by Gasteiger charge is 2.08. The number of rotatable bonds is 5. The van der Waals surface area contributed by atoms with Crippen molar-refractivity contribution in [1.82, 2.24) is 9.55 Å². The number of nitrogens with two attached hydrogens (primary N) is 1. The Hall–Kier alpha value is -1.61. The van der Waals surface area contributed by atoms with E-state index in [1.807, 2.05) is 18.6 Å². The highest BCUT2D eigenvalue weighted by Crippen LogP contribution is 2.17. The van der Waals surface area contributed by atoms with Crippen molar-refractivity contribution in [2.24, 2.45) is 5.73 Å². The lowest BCUT2D eigenvalue weighted by Gasteiger charge is -2.14. The summed E-state index contributed by atoms with van der Waals surface area (Å²) in [6, 6.07) is 10.6. The van der Waals surface area contributed by atoms with Gasteiger partial charge in [-0.1, -0.05) is 37.3 Å². The van der Waals surface area contributed by atoms with Crippen LogP contribution < -0.4 is 5.73 Å². The van der Waals surface area contributed by atoms with E-state index in [1.54, 1.807) is 0 Å². The maximum absolute atomic E-state index is 5.59. The molecular weight excluding hydrogens is 210 g/mol. The first-order chi connectivity index (χ1) is 8.31. The number of benzene rings is 1. The standard InChI is InChI=1S/C14H19N3/c1-12(13-5-3-2-4-6-13)10-17-11-16-9-14(17)7-8-15/h2-6,9,11-12H,7-8,10,15H2,1H3. The van der Waals surface area contributed by atoms with E-state index in [4.69, 9.17) is 5.73 Å². The lowest BCUT2D eigenvalue weighted by atomic mass is 10.0. The number of hydrogen-bond acceptors (Lipinski definition) is 2. The molecule has 1 heterocycles. The number of hydrogen-bond donors (Lipinski definition) is 1. The minimum atomic E-state index is 0.488. The summed E-state index contributed by atoms with van der Waals surface area (Å²) in [5.74, 6) is 0.488. The van der Waals surface area contributed by atoms with Gasteiger partial charge in [0, 0.05) is 24.9 Å². The number of imidazole rings is 1. The summed E-state index contributed by atoms with van der Waals surface area (Å²) < 4.78 is 2.20. The summed E-state index contributed by atoms with van der Waals surface area (Å²) in [6.45, 7) is 3.87. The Bertz CT molecular complexity index is 448. The molecular formula is C14H19N3. The van der Waals surface area contributed by atoms with E-state index in [-0.39, 0.29) is 0 Å². The molecule has 0 aliphatic rings. The van der Waals surface area contributed by atoms with Crippen molar-refractivity contribution in [1.29, 1.82) is 0 Å². The zero-order valence-corrected chi connectivity index (χ0v) is 10.2. The van der Waals surface area contributed by atoms with Gasteiger partial charge in [-0.25, -0.2) is 4.98 Å². The van der Waals surface area contributed by atoms with Crippen LogP contribution in [-0.4, -0.2) is 16.1 Å². The second kappa shape index (κ2) is 5.64. The van der Waals surface area contributed by atoms with Gasteiger partial charge in [0.2, 0.25) is 0 Å². The molecule has 1 aromatic carbocycles. The molecule has 0 aliphatic carbocycles. The van der Waals surface area contributed by atoms with E-state index in [0.717, 1.165) is 13.0 Å². The first-order valence-corrected chi connectivity index (χ1v) is 6.05. The second-order valence-corrected chi connectivity index (χ2v) is 4.39. The fourth-order valence-electron chi connectivity index (χ4n) is 2.05. The molecule has 2 aromatic rings. The van der Waals surface area contributed by atoms with E-state index < -0.39 is 0 Å². The van der Waals surface area contributed by atoms with Crippen molar-refractivity contribution in [2.45, 2.75) is 25.8 Å². The van der Waals surface area contributed by atoms with Crippen molar-refractivity contribution in [2.75, 3.05) is 6.54 Å². The lowest BCUT2D eigenvalue weighted by Crippen LogP contribution is -2.11. The summed E-state index contributed by atoms with van der Waals surface area (Å²) in [7, 11) is 0. The summed E-state index contributed by atoms with van der Waals surface area (Å²) in [5, 5.41) is 0. The van der Waals surface area contributed by atoms with Gasteiger partial charge in [-0.3, -0.25) is 0 Å². The Kier molecular flexibility index (Phi) is 3.94. The van der Waals surface area contributed by atoms with Crippen LogP contribution in [0, 0.1) is 0 Å². The first-order valence-electron chi connectivity index (χ1n) is 6.05. The minimum absolute atomic E-state index is 0.488. The molecule has 0 aliphatic heterocycles. The minimum Gasteiger partial charge on any atom is -0.334 e. The van der Waals surface area contributed by atoms with Crippen molar-refractivity contribution < 1.29 is 0 Å². The second-order valence-electron chi connectivity index (χ2n) is 4.39. The largest absolute Gasteiger partial charge is 0.334 e. The highest BCUT2D eigenvalue weighted by molar-refractivity contribution is 5.18. The maximum Gasteiger partial charge on any atom is 0.0948 e. The molecule has 0 spiro atoms. The number of aromatic nitrogens is 2. The van der Waals surface area contributed by atoms with Gasteiger partial charge in [0.25, 0.3) is 0 Å². The van der Waals surface area contributed by atoms with Crippen LogP contribution in [0.5, 0.6) is 0 Å². The van der Waals surface area contributed by atoms with Crippen LogP contribution in [-0.2, 0) is 13.0 Å². The van der Waals surface area contributed by atoms with Crippen LogP contribution in [0.1, 0.15) is 24.1 Å². The Morgan fingerprint density at radius 3 is 2.76 bits per heavy atom. The molecule has 0 bridgehead atoms. The van der Waals surface area contributed by atoms with Crippen LogP contribution in [0.15, 0.2) is 42.9 Å². The van der Waals surface area contributed by atoms with Gasteiger partial charge in [-0.2, -0.15) is 0 Å². The van der Waals surface area contributed by atoms with Crippen LogP contribution in [0.3, 0.4) is 0 Å². The SMILES string of the molecule is CC(Cn1cncc1CCN)c1ccccc1. The zero-order chi connectivity index (χ0) is 12.1. The van der Waals surface area contributed by atoms with Crippen LogP contribution in [0.4, 0.5) is 0 Å². The molecule has 0 saturated carbocycles. The van der Waals surface area contributed by atoms with E-state index in [0.29, 0.717) is 12.5 Å². The van der Waals surface area contributed by atoms with E-state index in [9.17, 15) is 0 Å². The average Bonchev–Trinajstić information content (AvgIpc) is 2.78. The molecule has 0 amide bonds. The molecule has 2 rings (SSSR count). The van der Waals surface area contributed by atoms with Gasteiger partial charge in [0.1, 0.15) is 0 Å². The molecule has 0 saturated heterocycles. The third kappa shape index (κ3) is 2.94. The van der Waals surface area contributed by atoms with Crippen molar-refractivity contribution in [3.8, 4) is 0 Å². The van der Waals surface area contributed by atoms with Crippen LogP contribution in [0.2, 0.25) is 0 Å². The highest BCUT2D eigenvalue weighted by atomic mass is 15.0. The van der Waals surface area contributed by atoms with E-state index >= 15 is 0 Å². The van der Waals surface area contributed by atoms with Crippen molar-refractivity contribution >= 4 is 0 Å². The Morgan fingerprint density at radius 1 is 1.29 bits per heavy atom. The molecule has 90 valence electrons. The molecule has 0 radical (unpaired) electrons. The third-order valence-corrected chi connectivity index (χ3v) is 3.04. The Morgan fingerprint density at radius 2 is 2.06 bits per heavy atom. The maximum atomic E-state index is 5.59. The van der Waals surface area contributed by atoms with Gasteiger partial charge < -0.3 is 10.3 Å². The monoisotopic (exact) mass is 229 g/mol. The van der Waals surface area contributed by atoms with Gasteiger partial charge in [-0.05, 0) is 18.0 Å². The predicted molar refractivity (Wildman–Crippen MR) is 69.8 cm³/mol. The molecule has 0 fully saturated rings. The van der Waals surface area contributed by atoms with Crippen molar-refractivity contribution in [3.05, 3.63) is 54.1 Å². The third-order valence-electron chi connectivity index (χ3n) is 3.04. The molecule has 1 aromatic heterocycles. The van der Waals surface area contributed by atoms with Gasteiger partial charge >= 0.3 is 0 Å². The summed E-state index contributed by atoms with van der Waals surface area (Å²) in [4.78, 5) is 4.19. The zero-order valence-electron chi connectivity index (χ0n) is 10.2. The van der Waals surface area contributed by atoms with E-state index in [2.05, 4.69) is 40.7 Å². The molecule has 1 unspecified atom stereocenters. The molecule has 1 atom stereocenters. The molecule has 3 nitrogen and oxygen atoms in total. The fourth-order valence-corrected chi connectivity index (χ4v) is 2.05. The van der Waals surface area contributed by atoms with Crippen molar-refractivity contribution in [3.63, 3.8) is 0 Å². The predicted octanol–water partition coefficient (Wildman–Crippen LogP) is 2.19. The van der Waals surface area contributed by atoms with E-state index in [1.165, 1.54) is 11.3 Å². The summed E-state index contributed by atoms with van der Waals surface area (Å²) in [6.07, 6.45) is 4.69. The van der Waals surface area contributed by atoms with Gasteiger partial charge in [-0.15, -0.1) is 0 Å². The topological polar surface area (TPSA) is 43.8 Å². The lowest BCUT2D eigenvalue weighted by molar-refractivity contribution is 0.576. The first kappa shape index (κ1) is 11.9. The molecule has 3 heteroatoms. The van der Waals surface area contributed by atoms with Gasteiger partial charge in [0.15, 0.2) is 0 Å².